The fourth-order valence-corrected chi connectivity index (χ4v) is 2.28. The van der Waals surface area contributed by atoms with Gasteiger partial charge in [-0.2, -0.15) is 0 Å². The number of benzene rings is 1. The first-order valence-electron chi connectivity index (χ1n) is 8.20. The number of carbonyl (C=O) groups excluding carboxylic acids is 2. The Morgan fingerprint density at radius 3 is 2.71 bits per heavy atom. The summed E-state index contributed by atoms with van der Waals surface area (Å²) in [6, 6.07) is 7.60. The summed E-state index contributed by atoms with van der Waals surface area (Å²) in [7, 11) is 1.32. The van der Waals surface area contributed by atoms with E-state index in [0.29, 0.717) is 18.7 Å². The molecule has 1 atom stereocenters. The fraction of sp³-hybridized carbons (Fsp3) is 0.556. The average Bonchev–Trinajstić information content (AvgIpc) is 2.62. The lowest BCUT2D eigenvalue weighted by Crippen LogP contribution is -2.40. The molecule has 0 heterocycles. The van der Waals surface area contributed by atoms with Crippen LogP contribution < -0.4 is 4.74 Å². The van der Waals surface area contributed by atoms with Gasteiger partial charge in [0.25, 0.3) is 5.91 Å². The van der Waals surface area contributed by atoms with Crippen LogP contribution in [-0.4, -0.2) is 55.3 Å². The van der Waals surface area contributed by atoms with Gasteiger partial charge in [-0.15, -0.1) is 0 Å². The molecule has 1 rings (SSSR count). The molecule has 1 aromatic carbocycles. The van der Waals surface area contributed by atoms with Crippen molar-refractivity contribution in [2.75, 3.05) is 33.4 Å². The van der Waals surface area contributed by atoms with E-state index < -0.39 is 5.92 Å². The van der Waals surface area contributed by atoms with Crippen molar-refractivity contribution in [2.45, 2.75) is 26.7 Å². The van der Waals surface area contributed by atoms with Crippen molar-refractivity contribution in [3.05, 3.63) is 29.8 Å². The van der Waals surface area contributed by atoms with Gasteiger partial charge in [0.1, 0.15) is 5.75 Å². The summed E-state index contributed by atoms with van der Waals surface area (Å²) in [6.07, 6.45) is 1.34. The summed E-state index contributed by atoms with van der Waals surface area (Å²) < 4.78 is 10.3. The maximum atomic E-state index is 12.4. The Morgan fingerprint density at radius 2 is 2.08 bits per heavy atom. The SMILES string of the molecule is CCc1cccc(OCC(=O)N(CCCO)CC(C)C(=O)OC)c1. The minimum atomic E-state index is -0.430. The number of esters is 1. The summed E-state index contributed by atoms with van der Waals surface area (Å²) in [5.74, 6) is -0.374. The molecule has 0 spiro atoms. The van der Waals surface area contributed by atoms with Crippen molar-refractivity contribution < 1.29 is 24.2 Å². The molecule has 0 aliphatic heterocycles. The van der Waals surface area contributed by atoms with Crippen molar-refractivity contribution in [3.63, 3.8) is 0 Å². The number of aliphatic hydroxyl groups excluding tert-OH is 1. The molecule has 1 aromatic rings. The first-order chi connectivity index (χ1) is 11.5. The minimum absolute atomic E-state index is 0.0181. The lowest BCUT2D eigenvalue weighted by molar-refractivity contribution is -0.146. The van der Waals surface area contributed by atoms with Crippen LogP contribution in [0.3, 0.4) is 0 Å². The van der Waals surface area contributed by atoms with Gasteiger partial charge in [0.2, 0.25) is 0 Å². The largest absolute Gasteiger partial charge is 0.484 e. The average molecular weight is 337 g/mol. The van der Waals surface area contributed by atoms with Gasteiger partial charge in [0, 0.05) is 19.7 Å². The van der Waals surface area contributed by atoms with Crippen LogP contribution in [0.15, 0.2) is 24.3 Å². The van der Waals surface area contributed by atoms with E-state index in [2.05, 4.69) is 6.92 Å². The highest BCUT2D eigenvalue weighted by Gasteiger charge is 2.21. The molecule has 0 aliphatic carbocycles. The second kappa shape index (κ2) is 10.6. The molecule has 1 unspecified atom stereocenters. The van der Waals surface area contributed by atoms with E-state index >= 15 is 0 Å². The number of rotatable bonds is 10. The van der Waals surface area contributed by atoms with Crippen LogP contribution in [0.5, 0.6) is 5.75 Å². The van der Waals surface area contributed by atoms with E-state index in [1.54, 1.807) is 6.92 Å². The Bertz CT molecular complexity index is 532. The van der Waals surface area contributed by atoms with Gasteiger partial charge in [0.05, 0.1) is 13.0 Å². The van der Waals surface area contributed by atoms with Crippen LogP contribution in [-0.2, 0) is 20.7 Å². The Hall–Kier alpha value is -2.08. The lowest BCUT2D eigenvalue weighted by atomic mass is 10.1. The highest BCUT2D eigenvalue weighted by Crippen LogP contribution is 2.14. The van der Waals surface area contributed by atoms with E-state index in [1.165, 1.54) is 12.0 Å². The normalized spacial score (nSPS) is 11.7. The Morgan fingerprint density at radius 1 is 1.33 bits per heavy atom. The summed E-state index contributed by atoms with van der Waals surface area (Å²) >= 11 is 0. The molecule has 0 saturated carbocycles. The quantitative estimate of drug-likeness (QED) is 0.657. The number of hydrogen-bond donors (Lipinski definition) is 1. The van der Waals surface area contributed by atoms with Crippen molar-refractivity contribution in [1.82, 2.24) is 4.90 Å². The number of amides is 1. The van der Waals surface area contributed by atoms with Crippen LogP contribution in [0.4, 0.5) is 0 Å². The molecule has 0 fully saturated rings. The molecule has 1 N–H and O–H groups in total. The van der Waals surface area contributed by atoms with Gasteiger partial charge in [-0.25, -0.2) is 0 Å². The van der Waals surface area contributed by atoms with Gasteiger partial charge in [0.15, 0.2) is 6.61 Å². The van der Waals surface area contributed by atoms with Gasteiger partial charge in [-0.1, -0.05) is 26.0 Å². The Kier molecular flexibility index (Phi) is 8.86. The molecule has 0 aromatic heterocycles. The van der Waals surface area contributed by atoms with Crippen molar-refractivity contribution in [1.29, 1.82) is 0 Å². The van der Waals surface area contributed by atoms with Crippen molar-refractivity contribution in [3.8, 4) is 5.75 Å². The van der Waals surface area contributed by atoms with Gasteiger partial charge >= 0.3 is 5.97 Å². The third-order valence-electron chi connectivity index (χ3n) is 3.71. The Balaban J connectivity index is 2.64. The first kappa shape index (κ1) is 20.0. The zero-order valence-corrected chi connectivity index (χ0v) is 14.7. The van der Waals surface area contributed by atoms with Gasteiger partial charge in [-0.3, -0.25) is 9.59 Å². The highest BCUT2D eigenvalue weighted by atomic mass is 16.5. The molecule has 24 heavy (non-hydrogen) atoms. The number of methoxy groups -OCH3 is 1. The molecular weight excluding hydrogens is 310 g/mol. The summed E-state index contributed by atoms with van der Waals surface area (Å²) in [4.78, 5) is 25.5. The van der Waals surface area contributed by atoms with Gasteiger partial charge < -0.3 is 19.5 Å². The van der Waals surface area contributed by atoms with E-state index in [-0.39, 0.29) is 31.6 Å². The lowest BCUT2D eigenvalue weighted by Gasteiger charge is -2.25. The molecule has 134 valence electrons. The second-order valence-electron chi connectivity index (χ2n) is 5.63. The monoisotopic (exact) mass is 337 g/mol. The number of hydrogen-bond acceptors (Lipinski definition) is 5. The second-order valence-corrected chi connectivity index (χ2v) is 5.63. The maximum absolute atomic E-state index is 12.4. The van der Waals surface area contributed by atoms with E-state index in [4.69, 9.17) is 14.6 Å². The highest BCUT2D eigenvalue weighted by molar-refractivity contribution is 5.79. The van der Waals surface area contributed by atoms with Crippen molar-refractivity contribution in [2.24, 2.45) is 5.92 Å². The first-order valence-corrected chi connectivity index (χ1v) is 8.20. The third kappa shape index (κ3) is 6.58. The van der Waals surface area contributed by atoms with Crippen LogP contribution in [0.1, 0.15) is 25.8 Å². The molecule has 0 bridgehead atoms. The molecule has 6 heteroatoms. The smallest absolute Gasteiger partial charge is 0.310 e. The Labute approximate surface area is 143 Å². The zero-order valence-electron chi connectivity index (χ0n) is 14.7. The van der Waals surface area contributed by atoms with Crippen LogP contribution in [0, 0.1) is 5.92 Å². The number of carbonyl (C=O) groups is 2. The van der Waals surface area contributed by atoms with E-state index in [0.717, 1.165) is 12.0 Å². The molecule has 6 nitrogen and oxygen atoms in total. The predicted molar refractivity (Wildman–Crippen MR) is 90.8 cm³/mol. The van der Waals surface area contributed by atoms with E-state index in [1.807, 2.05) is 24.3 Å². The van der Waals surface area contributed by atoms with Gasteiger partial charge in [-0.05, 0) is 30.5 Å². The number of ether oxygens (including phenoxy) is 2. The standard InChI is InChI=1S/C18H27NO5/c1-4-15-7-5-8-16(11-15)24-13-17(21)19(9-6-10-20)12-14(2)18(22)23-3/h5,7-8,11,14,20H,4,6,9-10,12-13H2,1-3H3. The zero-order chi connectivity index (χ0) is 17.9. The van der Waals surface area contributed by atoms with Crippen molar-refractivity contribution >= 4 is 11.9 Å². The molecular formula is C18H27NO5. The summed E-state index contributed by atoms with van der Waals surface area (Å²) in [6.45, 7) is 4.24. The third-order valence-corrected chi connectivity index (χ3v) is 3.71. The fourth-order valence-electron chi connectivity index (χ4n) is 2.28. The minimum Gasteiger partial charge on any atom is -0.484 e. The summed E-state index contributed by atoms with van der Waals surface area (Å²) in [5, 5.41) is 8.99. The van der Waals surface area contributed by atoms with Crippen LogP contribution >= 0.6 is 0 Å². The maximum Gasteiger partial charge on any atom is 0.310 e. The molecule has 0 aliphatic rings. The van der Waals surface area contributed by atoms with E-state index in [9.17, 15) is 9.59 Å². The molecule has 1 amide bonds. The van der Waals surface area contributed by atoms with Crippen LogP contribution in [0.25, 0.3) is 0 Å². The van der Waals surface area contributed by atoms with Crippen LogP contribution in [0.2, 0.25) is 0 Å². The topological polar surface area (TPSA) is 76.1 Å². The summed E-state index contributed by atoms with van der Waals surface area (Å²) in [5.41, 5.74) is 1.14. The number of aliphatic hydroxyl groups is 1. The number of aryl methyl sites for hydroxylation is 1. The number of nitrogens with zero attached hydrogens (tertiary/aromatic N) is 1. The molecule has 0 saturated heterocycles. The molecule has 0 radical (unpaired) electrons. The predicted octanol–water partition coefficient (Wildman–Crippen LogP) is 1.65.